The van der Waals surface area contributed by atoms with Crippen LogP contribution in [0.3, 0.4) is 0 Å². The Hall–Kier alpha value is -3.58. The largest absolute Gasteiger partial charge is 0.355 e. The minimum absolute atomic E-state index is 0.00334. The van der Waals surface area contributed by atoms with Gasteiger partial charge in [0.25, 0.3) is 0 Å². The van der Waals surface area contributed by atoms with Gasteiger partial charge in [-0.1, -0.05) is 41.5 Å². The van der Waals surface area contributed by atoms with Crippen molar-refractivity contribution >= 4 is 35.4 Å². The number of rotatable bonds is 54. The maximum absolute atomic E-state index is 13.0. The normalized spacial score (nSPS) is 11.9. The summed E-state index contributed by atoms with van der Waals surface area (Å²) in [5, 5.41) is 18.4. The first-order valence-electron chi connectivity index (χ1n) is 30.5. The molecule has 79 heavy (non-hydrogen) atoms. The van der Waals surface area contributed by atoms with E-state index in [9.17, 15) is 28.8 Å². The summed E-state index contributed by atoms with van der Waals surface area (Å²) < 4.78 is 0. The van der Waals surface area contributed by atoms with Crippen LogP contribution < -0.4 is 31.9 Å². The van der Waals surface area contributed by atoms with Gasteiger partial charge in [-0.05, 0) is 140 Å². The van der Waals surface area contributed by atoms with Crippen LogP contribution in [0.5, 0.6) is 0 Å². The van der Waals surface area contributed by atoms with E-state index in [0.717, 1.165) is 117 Å². The van der Waals surface area contributed by atoms with E-state index in [1.807, 2.05) is 42.3 Å². The van der Waals surface area contributed by atoms with E-state index < -0.39 is 0 Å². The second kappa shape index (κ2) is 50.2. The highest BCUT2D eigenvalue weighted by Gasteiger charge is 2.17. The van der Waals surface area contributed by atoms with Gasteiger partial charge in [0, 0.05) is 156 Å². The van der Waals surface area contributed by atoms with E-state index in [1.165, 1.54) is 0 Å². The Balaban J connectivity index is 6.41. The van der Waals surface area contributed by atoms with Gasteiger partial charge in [0.05, 0.1) is 0 Å². The van der Waals surface area contributed by atoms with Crippen LogP contribution in [-0.4, -0.2) is 323 Å². The summed E-state index contributed by atoms with van der Waals surface area (Å²) in [4.78, 5) is 100. The lowest BCUT2D eigenvalue weighted by atomic mass is 10.2. The zero-order chi connectivity index (χ0) is 59.1. The van der Waals surface area contributed by atoms with Crippen molar-refractivity contribution in [3.63, 3.8) is 0 Å². The van der Waals surface area contributed by atoms with Crippen LogP contribution in [0, 0.1) is 0 Å². The molecule has 6 amide bonds. The third-order valence-corrected chi connectivity index (χ3v) is 14.9. The Bertz CT molecular complexity index is 1300. The Kier molecular flexibility index (Phi) is 47.9. The first-order valence-corrected chi connectivity index (χ1v) is 30.5. The molecule has 0 radical (unpaired) electrons. The lowest BCUT2D eigenvalue weighted by molar-refractivity contribution is -0.123. The van der Waals surface area contributed by atoms with Gasteiger partial charge < -0.3 is 80.9 Å². The monoisotopic (exact) mass is 1120 g/mol. The average Bonchev–Trinajstić information content (AvgIpc) is 3.43. The van der Waals surface area contributed by atoms with Crippen molar-refractivity contribution in [1.82, 2.24) is 80.9 Å². The molecule has 0 atom stereocenters. The summed E-state index contributed by atoms with van der Waals surface area (Å²) in [5.74, 6) is 0.0200. The Morgan fingerprint density at radius 2 is 0.367 bits per heavy atom. The number of hydrogen-bond donors (Lipinski definition) is 6. The first kappa shape index (κ1) is 75.4. The molecule has 0 heterocycles. The number of amides is 6. The molecule has 0 aliphatic carbocycles. The van der Waals surface area contributed by atoms with E-state index in [1.54, 1.807) is 0 Å². The fourth-order valence-corrected chi connectivity index (χ4v) is 8.25. The molecule has 0 rings (SSSR count). The number of carbonyl (C=O) groups excluding carboxylic acids is 6. The zero-order valence-corrected chi connectivity index (χ0v) is 52.5. The topological polar surface area (TPSA) is 207 Å². The van der Waals surface area contributed by atoms with Gasteiger partial charge in [-0.3, -0.25) is 28.8 Å². The van der Waals surface area contributed by atoms with Crippen molar-refractivity contribution in [2.24, 2.45) is 0 Å². The molecule has 464 valence electrons. The SMILES string of the molecule is CCN(C)CCNC(=O)CCN(CCCN(CCCN(CCC(=O)NCCN(C)CC)CCC(=O)NCCN(C)CC)CCCN(CCC(=O)NCCN(C)CC)CCC(=O)NCCN(C)CC)CCC(=O)NCCN(C)CC. The van der Waals surface area contributed by atoms with Crippen molar-refractivity contribution in [3.05, 3.63) is 0 Å². The predicted octanol–water partition coefficient (Wildman–Crippen LogP) is 0.113. The minimum Gasteiger partial charge on any atom is -0.355 e. The number of hydrogen-bond acceptors (Lipinski definition) is 16. The summed E-state index contributed by atoms with van der Waals surface area (Å²) >= 11 is 0. The van der Waals surface area contributed by atoms with E-state index in [-0.39, 0.29) is 35.4 Å². The van der Waals surface area contributed by atoms with Crippen molar-refractivity contribution in [2.45, 2.75) is 99.3 Å². The van der Waals surface area contributed by atoms with Gasteiger partial charge in [-0.25, -0.2) is 0 Å². The molecule has 0 aromatic heterocycles. The van der Waals surface area contributed by atoms with E-state index in [0.29, 0.717) is 137 Å². The summed E-state index contributed by atoms with van der Waals surface area (Å²) in [6.45, 7) is 34.0. The van der Waals surface area contributed by atoms with Crippen LogP contribution in [0.2, 0.25) is 0 Å². The molecule has 0 bridgehead atoms. The fraction of sp³-hybridized carbons (Fsp3) is 0.895. The molecule has 6 N–H and O–H groups in total. The molecule has 22 nitrogen and oxygen atoms in total. The minimum atomic E-state index is 0.00334. The zero-order valence-electron chi connectivity index (χ0n) is 52.5. The van der Waals surface area contributed by atoms with Crippen molar-refractivity contribution in [2.75, 3.05) is 239 Å². The van der Waals surface area contributed by atoms with Crippen LogP contribution >= 0.6 is 0 Å². The van der Waals surface area contributed by atoms with Crippen LogP contribution in [0.15, 0.2) is 0 Å². The van der Waals surface area contributed by atoms with Crippen molar-refractivity contribution < 1.29 is 28.8 Å². The Morgan fingerprint density at radius 1 is 0.228 bits per heavy atom. The molecule has 0 spiro atoms. The average molecular weight is 1130 g/mol. The standard InChI is InChI=1S/C57H120N16O6/c1-13-64(7)46-28-58-52(74)22-40-71(41-23-53(75)59-29-47-65(8)14-2)37-19-34-70(35-20-38-72(42-24-54(76)60-30-48-66(9)15-3)43-25-55(77)61-31-49-67(10)16-4)36-21-39-73(44-26-56(78)62-32-50-68(11)17-5)45-27-57(79)63-33-51-69(12)18-6/h13-51H2,1-12H3,(H,58,74)(H,59,75)(H,60,76)(H,61,77)(H,62,78)(H,63,79). The summed E-state index contributed by atoms with van der Waals surface area (Å²) in [5.41, 5.74) is 0. The predicted molar refractivity (Wildman–Crippen MR) is 324 cm³/mol. The van der Waals surface area contributed by atoms with Gasteiger partial charge in [0.1, 0.15) is 0 Å². The smallest absolute Gasteiger partial charge is 0.221 e. The first-order chi connectivity index (χ1) is 37.9. The highest BCUT2D eigenvalue weighted by atomic mass is 16.2. The summed E-state index contributed by atoms with van der Waals surface area (Å²) in [6, 6.07) is 0. The number of nitrogens with zero attached hydrogens (tertiary/aromatic N) is 10. The van der Waals surface area contributed by atoms with Gasteiger partial charge in [-0.2, -0.15) is 0 Å². The third-order valence-electron chi connectivity index (χ3n) is 14.9. The quantitative estimate of drug-likeness (QED) is 0.0479. The van der Waals surface area contributed by atoms with E-state index in [4.69, 9.17) is 0 Å². The van der Waals surface area contributed by atoms with Crippen molar-refractivity contribution in [3.8, 4) is 0 Å². The molecule has 0 aliphatic heterocycles. The van der Waals surface area contributed by atoms with Gasteiger partial charge in [-0.15, -0.1) is 0 Å². The van der Waals surface area contributed by atoms with E-state index >= 15 is 0 Å². The lowest BCUT2D eigenvalue weighted by Gasteiger charge is -2.29. The van der Waals surface area contributed by atoms with E-state index in [2.05, 4.69) is 122 Å². The van der Waals surface area contributed by atoms with Crippen LogP contribution in [-0.2, 0) is 28.8 Å². The second-order valence-electron chi connectivity index (χ2n) is 21.4. The Morgan fingerprint density at radius 3 is 0.506 bits per heavy atom. The molecule has 22 heteroatoms. The second-order valence-corrected chi connectivity index (χ2v) is 21.4. The molecule has 0 aromatic carbocycles. The van der Waals surface area contributed by atoms with Crippen LogP contribution in [0.25, 0.3) is 0 Å². The summed E-state index contributed by atoms with van der Waals surface area (Å²) in [6.07, 6.45) is 4.53. The van der Waals surface area contributed by atoms with Crippen molar-refractivity contribution in [1.29, 1.82) is 0 Å². The fourth-order valence-electron chi connectivity index (χ4n) is 8.25. The number of nitrogens with one attached hydrogen (secondary N) is 6. The van der Waals surface area contributed by atoms with Gasteiger partial charge >= 0.3 is 0 Å². The van der Waals surface area contributed by atoms with Gasteiger partial charge in [0.2, 0.25) is 35.4 Å². The Labute approximate surface area is 481 Å². The number of likely N-dealkylation sites (N-methyl/N-ethyl adjacent to an activating group) is 6. The number of carbonyl (C=O) groups is 6. The summed E-state index contributed by atoms with van der Waals surface area (Å²) in [7, 11) is 12.2. The molecule has 0 fully saturated rings. The third kappa shape index (κ3) is 45.7. The van der Waals surface area contributed by atoms with Gasteiger partial charge in [0.15, 0.2) is 0 Å². The molecular weight excluding hydrogens is 1000 g/mol. The van der Waals surface area contributed by atoms with Crippen LogP contribution in [0.4, 0.5) is 0 Å². The molecular formula is C57H120N16O6. The highest BCUT2D eigenvalue weighted by Crippen LogP contribution is 2.07. The lowest BCUT2D eigenvalue weighted by Crippen LogP contribution is -2.40. The van der Waals surface area contributed by atoms with Crippen LogP contribution in [0.1, 0.15) is 99.3 Å². The molecule has 0 saturated heterocycles. The maximum Gasteiger partial charge on any atom is 0.221 e. The molecule has 0 aliphatic rings. The molecule has 0 unspecified atom stereocenters. The molecule has 0 saturated carbocycles. The maximum atomic E-state index is 13.0. The highest BCUT2D eigenvalue weighted by molar-refractivity contribution is 5.78. The molecule has 0 aromatic rings.